The van der Waals surface area contributed by atoms with E-state index in [-0.39, 0.29) is 36.1 Å². The number of halogens is 3. The van der Waals surface area contributed by atoms with Crippen molar-refractivity contribution in [1.29, 1.82) is 0 Å². The second-order valence-electron chi connectivity index (χ2n) is 6.85. The van der Waals surface area contributed by atoms with Gasteiger partial charge in [0.2, 0.25) is 0 Å². The molecule has 3 rings (SSSR count). The van der Waals surface area contributed by atoms with Crippen molar-refractivity contribution in [3.63, 3.8) is 0 Å². The quantitative estimate of drug-likeness (QED) is 0.422. The summed E-state index contributed by atoms with van der Waals surface area (Å²) in [6.45, 7) is 3.74. The molecule has 1 atom stereocenters. The van der Waals surface area contributed by atoms with Crippen molar-refractivity contribution < 1.29 is 41.7 Å². The number of alkyl halides is 3. The molecule has 170 valence electrons. The number of benzene rings is 2. The number of Topliss-reactive ketones (excluding diaryl/α,β-unsaturated/α-hetero) is 1. The lowest BCUT2D eigenvalue weighted by atomic mass is 9.91. The zero-order valence-electron chi connectivity index (χ0n) is 17.4. The Bertz CT molecular complexity index is 1010. The van der Waals surface area contributed by atoms with Crippen molar-refractivity contribution in [2.45, 2.75) is 26.6 Å². The SMILES string of the molecule is CCOC(=O)C1=C(c2ccc(Oc3cccc(OC(F)(F)F)c3)cc2)OCC(CC)C1=O. The topological polar surface area (TPSA) is 71.1 Å². The van der Waals surface area contributed by atoms with Crippen molar-refractivity contribution in [1.82, 2.24) is 0 Å². The van der Waals surface area contributed by atoms with Gasteiger partial charge in [0.05, 0.1) is 19.1 Å². The third-order valence-electron chi connectivity index (χ3n) is 4.64. The molecule has 0 amide bonds. The number of hydrogen-bond donors (Lipinski definition) is 0. The Morgan fingerprint density at radius 3 is 2.38 bits per heavy atom. The minimum Gasteiger partial charge on any atom is -0.491 e. The molecule has 0 N–H and O–H groups in total. The number of carbonyl (C=O) groups excluding carboxylic acids is 2. The summed E-state index contributed by atoms with van der Waals surface area (Å²) >= 11 is 0. The lowest BCUT2D eigenvalue weighted by Crippen LogP contribution is -2.31. The highest BCUT2D eigenvalue weighted by molar-refractivity contribution is 6.23. The van der Waals surface area contributed by atoms with Crippen molar-refractivity contribution in [2.24, 2.45) is 5.92 Å². The maximum absolute atomic E-state index is 12.7. The fraction of sp³-hybridized carbons (Fsp3) is 0.304. The van der Waals surface area contributed by atoms with Gasteiger partial charge in [-0.1, -0.05) is 13.0 Å². The van der Waals surface area contributed by atoms with E-state index in [1.165, 1.54) is 12.1 Å². The van der Waals surface area contributed by atoms with Crippen molar-refractivity contribution >= 4 is 17.5 Å². The molecule has 0 radical (unpaired) electrons. The summed E-state index contributed by atoms with van der Waals surface area (Å²) < 4.78 is 57.4. The Kier molecular flexibility index (Phi) is 7.07. The van der Waals surface area contributed by atoms with E-state index in [2.05, 4.69) is 4.74 Å². The van der Waals surface area contributed by atoms with Gasteiger partial charge in [-0.05, 0) is 49.7 Å². The molecule has 1 aliphatic heterocycles. The number of hydrogen-bond acceptors (Lipinski definition) is 6. The number of ketones is 1. The lowest BCUT2D eigenvalue weighted by Gasteiger charge is -2.25. The van der Waals surface area contributed by atoms with E-state index in [4.69, 9.17) is 14.2 Å². The summed E-state index contributed by atoms with van der Waals surface area (Å²) in [6, 6.07) is 11.4. The zero-order valence-corrected chi connectivity index (χ0v) is 17.4. The zero-order chi connectivity index (χ0) is 23.3. The average Bonchev–Trinajstić information content (AvgIpc) is 2.73. The van der Waals surface area contributed by atoms with E-state index in [1.54, 1.807) is 31.2 Å². The molecule has 0 saturated carbocycles. The molecular weight excluding hydrogens is 429 g/mol. The van der Waals surface area contributed by atoms with E-state index in [9.17, 15) is 22.8 Å². The van der Waals surface area contributed by atoms with Gasteiger partial charge in [-0.2, -0.15) is 0 Å². The molecule has 0 aliphatic carbocycles. The van der Waals surface area contributed by atoms with E-state index >= 15 is 0 Å². The fourth-order valence-corrected chi connectivity index (χ4v) is 3.12. The molecule has 1 aliphatic rings. The third kappa shape index (κ3) is 5.60. The molecule has 32 heavy (non-hydrogen) atoms. The normalized spacial score (nSPS) is 16.4. The Hall–Kier alpha value is -3.49. The summed E-state index contributed by atoms with van der Waals surface area (Å²) in [6.07, 6.45) is -4.28. The van der Waals surface area contributed by atoms with Crippen LogP contribution in [0.4, 0.5) is 13.2 Å². The molecule has 9 heteroatoms. The summed E-state index contributed by atoms with van der Waals surface area (Å²) in [5.74, 6) is -1.31. The van der Waals surface area contributed by atoms with E-state index in [0.29, 0.717) is 17.7 Å². The molecule has 0 spiro atoms. The van der Waals surface area contributed by atoms with Crippen LogP contribution in [0.2, 0.25) is 0 Å². The first kappa shape index (κ1) is 23.2. The minimum atomic E-state index is -4.81. The second-order valence-corrected chi connectivity index (χ2v) is 6.85. The van der Waals surface area contributed by atoms with Gasteiger partial charge in [0.1, 0.15) is 28.6 Å². The Morgan fingerprint density at radius 1 is 1.06 bits per heavy atom. The van der Waals surface area contributed by atoms with Crippen LogP contribution in [0.15, 0.2) is 54.1 Å². The van der Waals surface area contributed by atoms with Gasteiger partial charge in [-0.3, -0.25) is 4.79 Å². The van der Waals surface area contributed by atoms with Gasteiger partial charge in [0.15, 0.2) is 5.78 Å². The van der Waals surface area contributed by atoms with Gasteiger partial charge in [-0.15, -0.1) is 13.2 Å². The third-order valence-corrected chi connectivity index (χ3v) is 4.64. The number of esters is 1. The largest absolute Gasteiger partial charge is 0.573 e. The Morgan fingerprint density at radius 2 is 1.75 bits per heavy atom. The van der Waals surface area contributed by atoms with Crippen molar-refractivity contribution in [3.05, 3.63) is 59.7 Å². The molecule has 1 heterocycles. The number of ether oxygens (including phenoxy) is 4. The maximum atomic E-state index is 12.7. The second kappa shape index (κ2) is 9.76. The Balaban J connectivity index is 1.84. The highest BCUT2D eigenvalue weighted by Gasteiger charge is 2.36. The van der Waals surface area contributed by atoms with Gasteiger partial charge in [0.25, 0.3) is 0 Å². The smallest absolute Gasteiger partial charge is 0.491 e. The molecule has 1 unspecified atom stereocenters. The van der Waals surface area contributed by atoms with Crippen molar-refractivity contribution in [2.75, 3.05) is 13.2 Å². The van der Waals surface area contributed by atoms with Crippen LogP contribution in [-0.2, 0) is 19.1 Å². The fourth-order valence-electron chi connectivity index (χ4n) is 3.12. The summed E-state index contributed by atoms with van der Waals surface area (Å²) in [5.41, 5.74) is 0.341. The lowest BCUT2D eigenvalue weighted by molar-refractivity contribution is -0.274. The summed E-state index contributed by atoms with van der Waals surface area (Å²) in [5, 5.41) is 0. The Labute approximate surface area is 182 Å². The van der Waals surface area contributed by atoms with Gasteiger partial charge in [-0.25, -0.2) is 4.79 Å². The molecule has 2 aromatic rings. The molecule has 0 saturated heterocycles. The van der Waals surface area contributed by atoms with E-state index in [1.807, 2.05) is 6.92 Å². The summed E-state index contributed by atoms with van der Waals surface area (Å²) in [7, 11) is 0. The van der Waals surface area contributed by atoms with Crippen LogP contribution >= 0.6 is 0 Å². The van der Waals surface area contributed by atoms with Gasteiger partial charge >= 0.3 is 12.3 Å². The molecule has 6 nitrogen and oxygen atoms in total. The predicted molar refractivity (Wildman–Crippen MR) is 108 cm³/mol. The standard InChI is InChI=1S/C23H21F3O6/c1-3-14-13-30-21(19(20(14)27)22(28)29-4-2)15-8-10-16(11-9-15)31-17-6-5-7-18(12-17)32-23(24,25)26/h5-12,14H,3-4,13H2,1-2H3. The molecule has 0 bridgehead atoms. The molecular formula is C23H21F3O6. The summed E-state index contributed by atoms with van der Waals surface area (Å²) in [4.78, 5) is 25.1. The highest BCUT2D eigenvalue weighted by Crippen LogP contribution is 2.33. The van der Waals surface area contributed by atoms with Crippen LogP contribution in [0, 0.1) is 5.92 Å². The minimum absolute atomic E-state index is 0.115. The van der Waals surface area contributed by atoms with Crippen LogP contribution < -0.4 is 9.47 Å². The number of rotatable bonds is 7. The van der Waals surface area contributed by atoms with Crippen LogP contribution in [0.1, 0.15) is 25.8 Å². The van der Waals surface area contributed by atoms with Gasteiger partial charge < -0.3 is 18.9 Å². The molecule has 2 aromatic carbocycles. The number of carbonyl (C=O) groups is 2. The average molecular weight is 450 g/mol. The monoisotopic (exact) mass is 450 g/mol. The van der Waals surface area contributed by atoms with Crippen LogP contribution in [0.5, 0.6) is 17.2 Å². The van der Waals surface area contributed by atoms with Gasteiger partial charge in [0, 0.05) is 11.6 Å². The van der Waals surface area contributed by atoms with E-state index in [0.717, 1.165) is 12.1 Å². The maximum Gasteiger partial charge on any atom is 0.573 e. The first-order chi connectivity index (χ1) is 15.2. The first-order valence-electron chi connectivity index (χ1n) is 9.94. The molecule has 0 fully saturated rings. The molecule has 0 aromatic heterocycles. The van der Waals surface area contributed by atoms with Crippen LogP contribution in [-0.4, -0.2) is 31.3 Å². The van der Waals surface area contributed by atoms with Crippen LogP contribution in [0.3, 0.4) is 0 Å². The van der Waals surface area contributed by atoms with Crippen molar-refractivity contribution in [3.8, 4) is 17.2 Å². The predicted octanol–water partition coefficient (Wildman–Crippen LogP) is 5.28. The van der Waals surface area contributed by atoms with E-state index < -0.39 is 24.0 Å². The van der Waals surface area contributed by atoms with Crippen LogP contribution in [0.25, 0.3) is 5.76 Å². The first-order valence-corrected chi connectivity index (χ1v) is 9.94. The highest BCUT2D eigenvalue weighted by atomic mass is 19.4.